The smallest absolute Gasteiger partial charge is 0.268 e. The molecule has 0 fully saturated rings. The Labute approximate surface area is 127 Å². The van der Waals surface area contributed by atoms with Crippen LogP contribution in [0.3, 0.4) is 0 Å². The van der Waals surface area contributed by atoms with Crippen molar-refractivity contribution in [1.29, 1.82) is 0 Å². The summed E-state index contributed by atoms with van der Waals surface area (Å²) in [6.45, 7) is 6.46. The molecule has 0 saturated heterocycles. The summed E-state index contributed by atoms with van der Waals surface area (Å²) >= 11 is 3.41. The number of nitrogens with zero attached hydrogens (tertiary/aromatic N) is 2. The van der Waals surface area contributed by atoms with Crippen molar-refractivity contribution < 1.29 is 4.79 Å². The van der Waals surface area contributed by atoms with Gasteiger partial charge in [0.05, 0.1) is 12.2 Å². The van der Waals surface area contributed by atoms with Gasteiger partial charge in [0.1, 0.15) is 5.69 Å². The summed E-state index contributed by atoms with van der Waals surface area (Å²) < 4.78 is 2.85. The first-order chi connectivity index (χ1) is 9.47. The van der Waals surface area contributed by atoms with Crippen LogP contribution in [0.4, 0.5) is 0 Å². The first-order valence-corrected chi connectivity index (χ1v) is 7.35. The van der Waals surface area contributed by atoms with E-state index in [4.69, 9.17) is 0 Å². The van der Waals surface area contributed by atoms with E-state index in [0.717, 1.165) is 15.9 Å². The standard InChI is InChI=1S/C15H18BrN3O/c1-10(2)19-9-12(16)7-14(19)15(20)17-8-13-6-4-5-11(3)18-13/h4-7,9-10H,8H2,1-3H3,(H,17,20). The Kier molecular flexibility index (Phi) is 4.60. The lowest BCUT2D eigenvalue weighted by molar-refractivity contribution is 0.0939. The van der Waals surface area contributed by atoms with Crippen molar-refractivity contribution in [2.75, 3.05) is 0 Å². The van der Waals surface area contributed by atoms with Gasteiger partial charge in [0.25, 0.3) is 5.91 Å². The van der Waals surface area contributed by atoms with Gasteiger partial charge in [0.15, 0.2) is 0 Å². The van der Waals surface area contributed by atoms with Crippen LogP contribution < -0.4 is 5.32 Å². The molecule has 0 radical (unpaired) electrons. The van der Waals surface area contributed by atoms with E-state index in [9.17, 15) is 4.79 Å². The van der Waals surface area contributed by atoms with Gasteiger partial charge in [-0.05, 0) is 54.9 Å². The summed E-state index contributed by atoms with van der Waals surface area (Å²) in [4.78, 5) is 16.6. The maximum atomic E-state index is 12.3. The first kappa shape index (κ1) is 14.8. The average Bonchev–Trinajstić information content (AvgIpc) is 2.78. The molecule has 4 nitrogen and oxygen atoms in total. The molecular weight excluding hydrogens is 318 g/mol. The Hall–Kier alpha value is -1.62. The highest BCUT2D eigenvalue weighted by Crippen LogP contribution is 2.19. The molecule has 0 atom stereocenters. The SMILES string of the molecule is Cc1cccc(CNC(=O)c2cc(Br)cn2C(C)C)n1. The highest BCUT2D eigenvalue weighted by Gasteiger charge is 2.14. The third-order valence-electron chi connectivity index (χ3n) is 2.98. The molecule has 0 aliphatic heterocycles. The second-order valence-corrected chi connectivity index (χ2v) is 5.91. The van der Waals surface area contributed by atoms with Crippen LogP contribution in [0.5, 0.6) is 0 Å². The number of aromatic nitrogens is 2. The van der Waals surface area contributed by atoms with Crippen LogP contribution in [-0.4, -0.2) is 15.5 Å². The summed E-state index contributed by atoms with van der Waals surface area (Å²) in [5.74, 6) is -0.0901. The van der Waals surface area contributed by atoms with Crippen molar-refractivity contribution in [1.82, 2.24) is 14.9 Å². The lowest BCUT2D eigenvalue weighted by atomic mass is 10.3. The largest absolute Gasteiger partial charge is 0.345 e. The summed E-state index contributed by atoms with van der Waals surface area (Å²) in [6, 6.07) is 7.85. The molecule has 20 heavy (non-hydrogen) atoms. The Morgan fingerprint density at radius 3 is 2.85 bits per heavy atom. The highest BCUT2D eigenvalue weighted by molar-refractivity contribution is 9.10. The molecule has 1 amide bonds. The van der Waals surface area contributed by atoms with Crippen molar-refractivity contribution in [3.05, 3.63) is 52.0 Å². The van der Waals surface area contributed by atoms with Gasteiger partial charge in [-0.2, -0.15) is 0 Å². The molecule has 5 heteroatoms. The van der Waals surface area contributed by atoms with Gasteiger partial charge in [-0.15, -0.1) is 0 Å². The fourth-order valence-electron chi connectivity index (χ4n) is 2.01. The van der Waals surface area contributed by atoms with Crippen molar-refractivity contribution in [3.63, 3.8) is 0 Å². The van der Waals surface area contributed by atoms with E-state index in [-0.39, 0.29) is 11.9 Å². The van der Waals surface area contributed by atoms with E-state index < -0.39 is 0 Å². The summed E-state index contributed by atoms with van der Waals surface area (Å²) in [5, 5.41) is 2.91. The van der Waals surface area contributed by atoms with Crippen molar-refractivity contribution in [3.8, 4) is 0 Å². The molecule has 0 bridgehead atoms. The van der Waals surface area contributed by atoms with Crippen LogP contribution in [-0.2, 0) is 6.54 Å². The molecule has 2 heterocycles. The third kappa shape index (κ3) is 3.48. The molecule has 0 unspecified atom stereocenters. The zero-order valence-corrected chi connectivity index (χ0v) is 13.4. The topological polar surface area (TPSA) is 46.9 Å². The number of carbonyl (C=O) groups is 1. The molecule has 1 N–H and O–H groups in total. The summed E-state index contributed by atoms with van der Waals surface area (Å²) in [5.41, 5.74) is 2.46. The number of rotatable bonds is 4. The van der Waals surface area contributed by atoms with Gasteiger partial charge in [-0.3, -0.25) is 9.78 Å². The van der Waals surface area contributed by atoms with E-state index in [1.54, 1.807) is 0 Å². The van der Waals surface area contributed by atoms with Crippen LogP contribution >= 0.6 is 15.9 Å². The molecule has 0 aliphatic rings. The van der Waals surface area contributed by atoms with Gasteiger partial charge in [0, 0.05) is 22.4 Å². The molecule has 2 aromatic heterocycles. The molecule has 2 rings (SSSR count). The predicted molar refractivity (Wildman–Crippen MR) is 82.7 cm³/mol. The van der Waals surface area contributed by atoms with Gasteiger partial charge < -0.3 is 9.88 Å². The van der Waals surface area contributed by atoms with Gasteiger partial charge in [0.2, 0.25) is 0 Å². The Balaban J connectivity index is 2.09. The van der Waals surface area contributed by atoms with Crippen LogP contribution in [0.1, 0.15) is 41.8 Å². The normalized spacial score (nSPS) is 10.8. The minimum atomic E-state index is -0.0901. The van der Waals surface area contributed by atoms with Crippen molar-refractivity contribution in [2.45, 2.75) is 33.4 Å². The minimum absolute atomic E-state index is 0.0901. The van der Waals surface area contributed by atoms with Crippen LogP contribution in [0, 0.1) is 6.92 Å². The lowest BCUT2D eigenvalue weighted by Gasteiger charge is -2.12. The fraction of sp³-hybridized carbons (Fsp3) is 0.333. The number of aryl methyl sites for hydroxylation is 1. The van der Waals surface area contributed by atoms with E-state index in [0.29, 0.717) is 12.2 Å². The van der Waals surface area contributed by atoms with Crippen molar-refractivity contribution >= 4 is 21.8 Å². The maximum absolute atomic E-state index is 12.3. The van der Waals surface area contributed by atoms with Crippen molar-refractivity contribution in [2.24, 2.45) is 0 Å². The predicted octanol–water partition coefficient (Wildman–Crippen LogP) is 3.46. The van der Waals surface area contributed by atoms with Crippen LogP contribution in [0.25, 0.3) is 0 Å². The quantitative estimate of drug-likeness (QED) is 0.929. The minimum Gasteiger partial charge on any atom is -0.345 e. The monoisotopic (exact) mass is 335 g/mol. The fourth-order valence-corrected chi connectivity index (χ4v) is 2.45. The number of hydrogen-bond donors (Lipinski definition) is 1. The number of amides is 1. The van der Waals surface area contributed by atoms with E-state index in [2.05, 4.69) is 26.2 Å². The second-order valence-electron chi connectivity index (χ2n) is 5.00. The molecule has 0 aromatic carbocycles. The summed E-state index contributed by atoms with van der Waals surface area (Å²) in [7, 11) is 0. The average molecular weight is 336 g/mol. The molecular formula is C15H18BrN3O. The molecule has 0 aliphatic carbocycles. The molecule has 2 aromatic rings. The zero-order valence-electron chi connectivity index (χ0n) is 11.9. The Morgan fingerprint density at radius 1 is 1.45 bits per heavy atom. The van der Waals surface area contributed by atoms with E-state index in [1.807, 2.05) is 55.8 Å². The molecule has 0 saturated carbocycles. The van der Waals surface area contributed by atoms with Crippen LogP contribution in [0.2, 0.25) is 0 Å². The number of hydrogen-bond acceptors (Lipinski definition) is 2. The van der Waals surface area contributed by atoms with Gasteiger partial charge in [-0.1, -0.05) is 6.07 Å². The second kappa shape index (κ2) is 6.22. The lowest BCUT2D eigenvalue weighted by Crippen LogP contribution is -2.26. The summed E-state index contributed by atoms with van der Waals surface area (Å²) in [6.07, 6.45) is 1.92. The molecule has 106 valence electrons. The number of nitrogens with one attached hydrogen (secondary N) is 1. The van der Waals surface area contributed by atoms with Gasteiger partial charge in [-0.25, -0.2) is 0 Å². The van der Waals surface area contributed by atoms with Crippen LogP contribution in [0.15, 0.2) is 34.9 Å². The highest BCUT2D eigenvalue weighted by atomic mass is 79.9. The van der Waals surface area contributed by atoms with E-state index in [1.165, 1.54) is 0 Å². The number of pyridine rings is 1. The van der Waals surface area contributed by atoms with E-state index >= 15 is 0 Å². The third-order valence-corrected chi connectivity index (χ3v) is 3.41. The zero-order chi connectivity index (χ0) is 14.7. The Bertz CT molecular complexity index is 619. The number of carbonyl (C=O) groups excluding carboxylic acids is 1. The first-order valence-electron chi connectivity index (χ1n) is 6.55. The van der Waals surface area contributed by atoms with Gasteiger partial charge >= 0.3 is 0 Å². The maximum Gasteiger partial charge on any atom is 0.268 e. The Morgan fingerprint density at radius 2 is 2.20 bits per heavy atom. The molecule has 0 spiro atoms. The number of halogens is 1.